The Bertz CT molecular complexity index is 612. The quantitative estimate of drug-likeness (QED) is 0.893. The first-order chi connectivity index (χ1) is 9.76. The van der Waals surface area contributed by atoms with Crippen LogP contribution >= 0.6 is 0 Å². The maximum absolute atomic E-state index is 9.54. The molecule has 1 aromatic carbocycles. The predicted octanol–water partition coefficient (Wildman–Crippen LogP) is 2.36. The first-order valence-corrected chi connectivity index (χ1v) is 6.82. The van der Waals surface area contributed by atoms with Crippen LogP contribution in [-0.4, -0.2) is 34.5 Å². The van der Waals surface area contributed by atoms with Crippen LogP contribution in [0, 0.1) is 11.3 Å². The molecular weight excluding hydrogens is 250 g/mol. The zero-order valence-electron chi connectivity index (χ0n) is 11.3. The summed E-state index contributed by atoms with van der Waals surface area (Å²) in [6.07, 6.45) is 4.53. The van der Waals surface area contributed by atoms with Gasteiger partial charge in [-0.15, -0.1) is 0 Å². The minimum absolute atomic E-state index is 0.428. The minimum Gasteiger partial charge on any atom is -0.510 e. The molecule has 2 aliphatic rings. The molecule has 1 saturated heterocycles. The van der Waals surface area contributed by atoms with E-state index < -0.39 is 0 Å². The standard InChI is InChI=1S/C16H17N3O/c17-9-13-3-1-2-4-14(13)10-18-7-8-19-12-16(20)6-5-15(19)11-18/h1-5,12,20H,6-8,10-11H2. The molecule has 0 aromatic heterocycles. The van der Waals surface area contributed by atoms with E-state index in [2.05, 4.69) is 21.9 Å². The largest absolute Gasteiger partial charge is 0.510 e. The molecule has 0 radical (unpaired) electrons. The fourth-order valence-electron chi connectivity index (χ4n) is 2.72. The zero-order valence-corrected chi connectivity index (χ0v) is 11.3. The highest BCUT2D eigenvalue weighted by Crippen LogP contribution is 2.22. The minimum atomic E-state index is 0.428. The van der Waals surface area contributed by atoms with Gasteiger partial charge in [0.05, 0.1) is 11.6 Å². The Labute approximate surface area is 118 Å². The molecule has 0 spiro atoms. The van der Waals surface area contributed by atoms with E-state index in [4.69, 9.17) is 5.26 Å². The second kappa shape index (κ2) is 5.40. The van der Waals surface area contributed by atoms with Crippen LogP contribution in [0.5, 0.6) is 0 Å². The molecule has 4 heteroatoms. The molecule has 1 N–H and O–H groups in total. The summed E-state index contributed by atoms with van der Waals surface area (Å²) >= 11 is 0. The number of aliphatic hydroxyl groups excluding tert-OH is 1. The van der Waals surface area contributed by atoms with Crippen LogP contribution in [0.4, 0.5) is 0 Å². The van der Waals surface area contributed by atoms with Gasteiger partial charge in [-0.2, -0.15) is 5.26 Å². The lowest BCUT2D eigenvalue weighted by molar-refractivity contribution is 0.193. The average molecular weight is 267 g/mol. The van der Waals surface area contributed by atoms with E-state index >= 15 is 0 Å². The Kier molecular flexibility index (Phi) is 3.44. The van der Waals surface area contributed by atoms with Gasteiger partial charge in [-0.3, -0.25) is 4.90 Å². The summed E-state index contributed by atoms with van der Waals surface area (Å²) in [6, 6.07) is 10.0. The SMILES string of the molecule is N#Cc1ccccc1CN1CCN2C=C(O)CC=C2C1. The topological polar surface area (TPSA) is 50.5 Å². The highest BCUT2D eigenvalue weighted by Gasteiger charge is 2.22. The number of nitrogens with zero attached hydrogens (tertiary/aromatic N) is 3. The third-order valence-electron chi connectivity index (χ3n) is 3.80. The molecule has 0 unspecified atom stereocenters. The molecule has 0 atom stereocenters. The maximum atomic E-state index is 9.54. The number of piperazine rings is 1. The third kappa shape index (κ3) is 2.54. The van der Waals surface area contributed by atoms with Crippen LogP contribution in [0.15, 0.2) is 48.0 Å². The molecule has 0 amide bonds. The summed E-state index contributed by atoms with van der Waals surface area (Å²) in [4.78, 5) is 4.46. The van der Waals surface area contributed by atoms with Crippen LogP contribution in [-0.2, 0) is 6.54 Å². The van der Waals surface area contributed by atoms with E-state index in [0.717, 1.165) is 37.3 Å². The van der Waals surface area contributed by atoms with Crippen LogP contribution in [0.3, 0.4) is 0 Å². The predicted molar refractivity (Wildman–Crippen MR) is 76.6 cm³/mol. The van der Waals surface area contributed by atoms with Crippen molar-refractivity contribution >= 4 is 0 Å². The molecule has 2 heterocycles. The lowest BCUT2D eigenvalue weighted by atomic mass is 10.1. The van der Waals surface area contributed by atoms with Crippen molar-refractivity contribution in [2.24, 2.45) is 0 Å². The fourth-order valence-corrected chi connectivity index (χ4v) is 2.72. The summed E-state index contributed by atoms with van der Waals surface area (Å²) < 4.78 is 0. The number of rotatable bonds is 2. The van der Waals surface area contributed by atoms with Gasteiger partial charge in [0.25, 0.3) is 0 Å². The van der Waals surface area contributed by atoms with E-state index in [0.29, 0.717) is 12.2 Å². The molecular formula is C16H17N3O. The van der Waals surface area contributed by atoms with Crippen molar-refractivity contribution in [1.29, 1.82) is 5.26 Å². The second-order valence-electron chi connectivity index (χ2n) is 5.19. The van der Waals surface area contributed by atoms with Gasteiger partial charge in [-0.05, 0) is 11.6 Å². The van der Waals surface area contributed by atoms with Gasteiger partial charge >= 0.3 is 0 Å². The Morgan fingerprint density at radius 1 is 1.25 bits per heavy atom. The molecule has 4 nitrogen and oxygen atoms in total. The van der Waals surface area contributed by atoms with Crippen molar-refractivity contribution in [1.82, 2.24) is 9.80 Å². The Morgan fingerprint density at radius 3 is 2.95 bits per heavy atom. The van der Waals surface area contributed by atoms with Crippen molar-refractivity contribution in [2.45, 2.75) is 13.0 Å². The lowest BCUT2D eigenvalue weighted by Crippen LogP contribution is -2.43. The van der Waals surface area contributed by atoms with Crippen molar-refractivity contribution in [3.63, 3.8) is 0 Å². The molecule has 0 aliphatic carbocycles. The number of aliphatic hydroxyl groups is 1. The summed E-state index contributed by atoms with van der Waals surface area (Å²) in [5, 5.41) is 18.7. The van der Waals surface area contributed by atoms with E-state index in [1.807, 2.05) is 30.5 Å². The first-order valence-electron chi connectivity index (χ1n) is 6.82. The van der Waals surface area contributed by atoms with E-state index in [-0.39, 0.29) is 0 Å². The zero-order chi connectivity index (χ0) is 13.9. The van der Waals surface area contributed by atoms with Crippen molar-refractivity contribution in [3.8, 4) is 6.07 Å². The molecule has 20 heavy (non-hydrogen) atoms. The molecule has 3 rings (SSSR count). The number of benzene rings is 1. The first kappa shape index (κ1) is 12.8. The number of hydrogen-bond donors (Lipinski definition) is 1. The highest BCUT2D eigenvalue weighted by molar-refractivity contribution is 5.37. The van der Waals surface area contributed by atoms with E-state index in [9.17, 15) is 5.11 Å². The monoisotopic (exact) mass is 267 g/mol. The Hall–Kier alpha value is -2.25. The number of hydrogen-bond acceptors (Lipinski definition) is 4. The molecule has 102 valence electrons. The molecule has 1 aromatic rings. The van der Waals surface area contributed by atoms with Crippen molar-refractivity contribution in [2.75, 3.05) is 19.6 Å². The molecule has 0 bridgehead atoms. The fraction of sp³-hybridized carbons (Fsp3) is 0.312. The maximum Gasteiger partial charge on any atom is 0.112 e. The van der Waals surface area contributed by atoms with E-state index in [1.165, 1.54) is 5.70 Å². The van der Waals surface area contributed by atoms with Gasteiger partial charge < -0.3 is 10.0 Å². The number of nitriles is 1. The second-order valence-corrected chi connectivity index (χ2v) is 5.19. The number of fused-ring (bicyclic) bond motifs is 1. The Balaban J connectivity index is 1.71. The van der Waals surface area contributed by atoms with Gasteiger partial charge in [0.1, 0.15) is 5.76 Å². The van der Waals surface area contributed by atoms with Gasteiger partial charge in [0.15, 0.2) is 0 Å². The van der Waals surface area contributed by atoms with Crippen LogP contribution in [0.1, 0.15) is 17.5 Å². The highest BCUT2D eigenvalue weighted by atomic mass is 16.3. The smallest absolute Gasteiger partial charge is 0.112 e. The summed E-state index contributed by atoms with van der Waals surface area (Å²) in [5.74, 6) is 0.428. The normalized spacial score (nSPS) is 18.9. The lowest BCUT2D eigenvalue weighted by Gasteiger charge is -2.38. The van der Waals surface area contributed by atoms with Gasteiger partial charge in [0, 0.05) is 44.5 Å². The average Bonchev–Trinajstić information content (AvgIpc) is 2.48. The van der Waals surface area contributed by atoms with Crippen LogP contribution in [0.25, 0.3) is 0 Å². The van der Waals surface area contributed by atoms with Crippen molar-refractivity contribution in [3.05, 3.63) is 59.1 Å². The van der Waals surface area contributed by atoms with Gasteiger partial charge in [0.2, 0.25) is 0 Å². The van der Waals surface area contributed by atoms with Crippen molar-refractivity contribution < 1.29 is 5.11 Å². The Morgan fingerprint density at radius 2 is 2.10 bits per heavy atom. The summed E-state index contributed by atoms with van der Waals surface area (Å²) in [5.41, 5.74) is 3.08. The summed E-state index contributed by atoms with van der Waals surface area (Å²) in [7, 11) is 0. The van der Waals surface area contributed by atoms with Gasteiger partial charge in [-0.1, -0.05) is 24.3 Å². The molecule has 0 saturated carbocycles. The van der Waals surface area contributed by atoms with E-state index in [1.54, 1.807) is 0 Å². The third-order valence-corrected chi connectivity index (χ3v) is 3.80. The van der Waals surface area contributed by atoms with Crippen LogP contribution < -0.4 is 0 Å². The number of allylic oxidation sites excluding steroid dienone is 1. The van der Waals surface area contributed by atoms with Gasteiger partial charge in [-0.25, -0.2) is 0 Å². The molecule has 2 aliphatic heterocycles. The molecule has 1 fully saturated rings. The van der Waals surface area contributed by atoms with Crippen LogP contribution in [0.2, 0.25) is 0 Å². The summed E-state index contributed by atoms with van der Waals surface area (Å²) in [6.45, 7) is 3.47.